The van der Waals surface area contributed by atoms with Gasteiger partial charge in [-0.1, -0.05) is 37.2 Å². The molecule has 1 aromatic rings. The minimum absolute atomic E-state index is 0.0492. The molecule has 0 saturated heterocycles. The van der Waals surface area contributed by atoms with Crippen LogP contribution in [0.4, 0.5) is 18.9 Å². The minimum atomic E-state index is -4.41. The lowest BCUT2D eigenvalue weighted by atomic mass is 9.97. The average Bonchev–Trinajstić information content (AvgIpc) is 2.81. The summed E-state index contributed by atoms with van der Waals surface area (Å²) in [4.78, 5) is 4.62. The largest absolute Gasteiger partial charge is 0.416 e. The van der Waals surface area contributed by atoms with Gasteiger partial charge in [0.2, 0.25) is 0 Å². The number of aliphatic imine (C=N–C) groups is 1. The molecule has 0 saturated carbocycles. The first-order chi connectivity index (χ1) is 9.78. The number of anilines is 1. The first kappa shape index (κ1) is 16.5. The van der Waals surface area contributed by atoms with E-state index in [-0.39, 0.29) is 10.6 Å². The van der Waals surface area contributed by atoms with Crippen molar-refractivity contribution in [2.45, 2.75) is 38.4 Å². The van der Waals surface area contributed by atoms with Gasteiger partial charge >= 0.3 is 6.18 Å². The zero-order valence-electron chi connectivity index (χ0n) is 11.7. The third-order valence-electron chi connectivity index (χ3n) is 3.61. The van der Waals surface area contributed by atoms with E-state index >= 15 is 0 Å². The van der Waals surface area contributed by atoms with Gasteiger partial charge in [0.1, 0.15) is 0 Å². The van der Waals surface area contributed by atoms with Crippen LogP contribution in [0.1, 0.15) is 32.3 Å². The Hall–Kier alpha value is -0.880. The second kappa shape index (κ2) is 6.08. The molecule has 0 aliphatic carbocycles. The number of hydrogen-bond donors (Lipinski definition) is 1. The maximum Gasteiger partial charge on any atom is 0.416 e. The zero-order chi connectivity index (χ0) is 15.7. The summed E-state index contributed by atoms with van der Waals surface area (Å²) in [5, 5.41) is 3.64. The van der Waals surface area contributed by atoms with Gasteiger partial charge in [0.05, 0.1) is 11.1 Å². The fourth-order valence-corrected chi connectivity index (χ4v) is 3.67. The fraction of sp³-hybridized carbons (Fsp3) is 0.500. The fourth-order valence-electron chi connectivity index (χ4n) is 2.11. The molecule has 0 aromatic heterocycles. The first-order valence-corrected chi connectivity index (χ1v) is 8.02. The smallest absolute Gasteiger partial charge is 0.335 e. The number of amidine groups is 1. The molecule has 116 valence electrons. The van der Waals surface area contributed by atoms with Crippen LogP contribution in [-0.4, -0.2) is 16.5 Å². The number of nitrogens with one attached hydrogen (secondary N) is 1. The van der Waals surface area contributed by atoms with E-state index in [1.807, 2.05) is 0 Å². The number of nitrogens with zero attached hydrogens (tertiary/aromatic N) is 1. The monoisotopic (exact) mass is 336 g/mol. The molecule has 7 heteroatoms. The van der Waals surface area contributed by atoms with Crippen molar-refractivity contribution in [3.8, 4) is 0 Å². The molecule has 1 aliphatic rings. The molecule has 1 aromatic carbocycles. The molecule has 0 amide bonds. The van der Waals surface area contributed by atoms with E-state index in [9.17, 15) is 13.2 Å². The summed E-state index contributed by atoms with van der Waals surface area (Å²) in [6.45, 7) is 4.13. The van der Waals surface area contributed by atoms with E-state index in [4.69, 9.17) is 11.6 Å². The Balaban J connectivity index is 2.23. The van der Waals surface area contributed by atoms with Crippen LogP contribution in [0.15, 0.2) is 23.2 Å². The second-order valence-corrected chi connectivity index (χ2v) is 6.39. The third kappa shape index (κ3) is 3.86. The van der Waals surface area contributed by atoms with Crippen LogP contribution in [0, 0.1) is 0 Å². The van der Waals surface area contributed by atoms with Crippen LogP contribution in [0.25, 0.3) is 0 Å². The van der Waals surface area contributed by atoms with Gasteiger partial charge in [0.15, 0.2) is 5.17 Å². The molecule has 2 rings (SSSR count). The summed E-state index contributed by atoms with van der Waals surface area (Å²) >= 11 is 7.29. The van der Waals surface area contributed by atoms with Crippen molar-refractivity contribution < 1.29 is 13.2 Å². The van der Waals surface area contributed by atoms with Crippen LogP contribution in [0.5, 0.6) is 0 Å². The van der Waals surface area contributed by atoms with Crippen molar-refractivity contribution in [3.63, 3.8) is 0 Å². The second-order valence-electron chi connectivity index (χ2n) is 4.99. The van der Waals surface area contributed by atoms with Gasteiger partial charge in [0.25, 0.3) is 0 Å². The Kier molecular flexibility index (Phi) is 4.78. The summed E-state index contributed by atoms with van der Waals surface area (Å²) in [7, 11) is 0. The van der Waals surface area contributed by atoms with Crippen LogP contribution in [0.2, 0.25) is 5.02 Å². The summed E-state index contributed by atoms with van der Waals surface area (Å²) in [5.74, 6) is 0.842. The number of rotatable bonds is 3. The Morgan fingerprint density at radius 1 is 1.29 bits per heavy atom. The van der Waals surface area contributed by atoms with E-state index in [1.54, 1.807) is 0 Å². The molecule has 0 fully saturated rings. The summed E-state index contributed by atoms with van der Waals surface area (Å²) in [6, 6.07) is 3.43. The molecule has 0 atom stereocenters. The van der Waals surface area contributed by atoms with Crippen molar-refractivity contribution in [1.29, 1.82) is 0 Å². The van der Waals surface area contributed by atoms with E-state index in [2.05, 4.69) is 24.2 Å². The predicted octanol–water partition coefficient (Wildman–Crippen LogP) is 5.43. The zero-order valence-corrected chi connectivity index (χ0v) is 13.3. The number of thioether (sulfide) groups is 1. The van der Waals surface area contributed by atoms with Crippen molar-refractivity contribution in [2.24, 2.45) is 4.99 Å². The van der Waals surface area contributed by atoms with Crippen LogP contribution in [0.3, 0.4) is 0 Å². The molecular formula is C14H16ClF3N2S. The van der Waals surface area contributed by atoms with Gasteiger partial charge in [0, 0.05) is 16.5 Å². The molecule has 0 spiro atoms. The van der Waals surface area contributed by atoms with Crippen molar-refractivity contribution in [1.82, 2.24) is 0 Å². The number of halogens is 4. The lowest BCUT2D eigenvalue weighted by Crippen LogP contribution is -2.24. The predicted molar refractivity (Wildman–Crippen MR) is 83.3 cm³/mol. The van der Waals surface area contributed by atoms with Gasteiger partial charge in [-0.2, -0.15) is 13.2 Å². The number of benzene rings is 1. The Morgan fingerprint density at radius 2 is 1.95 bits per heavy atom. The molecule has 1 aliphatic heterocycles. The maximum atomic E-state index is 12.8. The normalized spacial score (nSPS) is 17.7. The van der Waals surface area contributed by atoms with Crippen molar-refractivity contribution in [3.05, 3.63) is 28.8 Å². The molecule has 1 N–H and O–H groups in total. The molecule has 1 heterocycles. The summed E-state index contributed by atoms with van der Waals surface area (Å²) < 4.78 is 38.3. The molecule has 21 heavy (non-hydrogen) atoms. The van der Waals surface area contributed by atoms with Gasteiger partial charge in [-0.3, -0.25) is 4.99 Å². The molecule has 0 bridgehead atoms. The molecule has 0 radical (unpaired) electrons. The van der Waals surface area contributed by atoms with Crippen molar-refractivity contribution >= 4 is 34.2 Å². The Labute approximate surface area is 131 Å². The maximum absolute atomic E-state index is 12.8. The molecule has 2 nitrogen and oxygen atoms in total. The van der Waals surface area contributed by atoms with E-state index in [1.165, 1.54) is 17.8 Å². The van der Waals surface area contributed by atoms with Gasteiger partial charge in [-0.15, -0.1) is 0 Å². The number of alkyl halides is 3. The minimum Gasteiger partial charge on any atom is -0.335 e. The quantitative estimate of drug-likeness (QED) is 0.795. The molecular weight excluding hydrogens is 321 g/mol. The number of hydrogen-bond acceptors (Lipinski definition) is 3. The van der Waals surface area contributed by atoms with Crippen LogP contribution < -0.4 is 5.32 Å². The highest BCUT2D eigenvalue weighted by molar-refractivity contribution is 8.14. The molecule has 0 unspecified atom stereocenters. The highest BCUT2D eigenvalue weighted by Crippen LogP contribution is 2.36. The first-order valence-electron chi connectivity index (χ1n) is 6.65. The van der Waals surface area contributed by atoms with Crippen LogP contribution in [-0.2, 0) is 6.18 Å². The summed E-state index contributed by atoms with van der Waals surface area (Å²) in [6.07, 6.45) is -2.60. The summed E-state index contributed by atoms with van der Waals surface area (Å²) in [5.41, 5.74) is -0.569. The van der Waals surface area contributed by atoms with Gasteiger partial charge in [-0.05, 0) is 31.0 Å². The van der Waals surface area contributed by atoms with E-state index in [0.717, 1.165) is 30.7 Å². The Morgan fingerprint density at radius 3 is 2.48 bits per heavy atom. The van der Waals surface area contributed by atoms with Crippen molar-refractivity contribution in [2.75, 3.05) is 11.1 Å². The Bertz CT molecular complexity index is 554. The third-order valence-corrected chi connectivity index (χ3v) is 4.98. The van der Waals surface area contributed by atoms with E-state index in [0.29, 0.717) is 10.9 Å². The van der Waals surface area contributed by atoms with Gasteiger partial charge in [-0.25, -0.2) is 0 Å². The average molecular weight is 337 g/mol. The topological polar surface area (TPSA) is 24.4 Å². The lowest BCUT2D eigenvalue weighted by molar-refractivity contribution is -0.137. The highest BCUT2D eigenvalue weighted by atomic mass is 35.5. The van der Waals surface area contributed by atoms with Gasteiger partial charge < -0.3 is 5.32 Å². The highest BCUT2D eigenvalue weighted by Gasteiger charge is 2.33. The standard InChI is InChI=1S/C14H16ClF3N2S/c1-3-13(4-2)8-21-12(20-13)19-11-6-9(14(16,17)18)5-10(15)7-11/h5-7H,3-4,8H2,1-2H3,(H,19,20). The lowest BCUT2D eigenvalue weighted by Gasteiger charge is -2.20. The van der Waals surface area contributed by atoms with Crippen LogP contribution >= 0.6 is 23.4 Å². The SMILES string of the molecule is CCC1(CC)CSC(Nc2cc(Cl)cc(C(F)(F)F)c2)=N1. The van der Waals surface area contributed by atoms with E-state index < -0.39 is 11.7 Å².